The highest BCUT2D eigenvalue weighted by atomic mass is 35.5. The maximum atomic E-state index is 6.13. The van der Waals surface area contributed by atoms with E-state index in [1.165, 1.54) is 11.1 Å². The summed E-state index contributed by atoms with van der Waals surface area (Å²) in [7, 11) is 0. The Labute approximate surface area is 146 Å². The van der Waals surface area contributed by atoms with E-state index >= 15 is 0 Å². The summed E-state index contributed by atoms with van der Waals surface area (Å²) in [5.41, 5.74) is 4.27. The minimum absolute atomic E-state index is 0.420. The summed E-state index contributed by atoms with van der Waals surface area (Å²) in [6.07, 6.45) is 1.60. The number of hydrogen-bond acceptors (Lipinski definition) is 5. The Morgan fingerprint density at radius 2 is 1.83 bits per heavy atom. The van der Waals surface area contributed by atoms with Gasteiger partial charge in [-0.05, 0) is 37.1 Å². The van der Waals surface area contributed by atoms with E-state index in [2.05, 4.69) is 57.0 Å². The van der Waals surface area contributed by atoms with Crippen molar-refractivity contribution < 1.29 is 0 Å². The van der Waals surface area contributed by atoms with Gasteiger partial charge in [-0.2, -0.15) is 10.1 Å². The highest BCUT2D eigenvalue weighted by molar-refractivity contribution is 6.31. The number of hydrogen-bond donors (Lipinski definition) is 2. The summed E-state index contributed by atoms with van der Waals surface area (Å²) < 4.78 is 0. The quantitative estimate of drug-likeness (QED) is 0.716. The molecule has 0 saturated carbocycles. The summed E-state index contributed by atoms with van der Waals surface area (Å²) in [4.78, 5) is 4.41. The third kappa shape index (κ3) is 4.20. The standard InChI is InChI=1S/C18H18ClN5/c1-12-3-6-14(7-4-12)10-20-17-11-21-24-18(23-17)22-15-8-5-13(2)16(19)9-15/h3-9,11H,10H2,1-2H3,(H2,20,22,23,24). The molecule has 5 nitrogen and oxygen atoms in total. The van der Waals surface area contributed by atoms with Crippen LogP contribution in [0.15, 0.2) is 48.7 Å². The van der Waals surface area contributed by atoms with Gasteiger partial charge in [-0.1, -0.05) is 47.5 Å². The lowest BCUT2D eigenvalue weighted by Gasteiger charge is -2.09. The second kappa shape index (κ2) is 7.27. The van der Waals surface area contributed by atoms with Crippen LogP contribution in [-0.2, 0) is 6.54 Å². The fourth-order valence-electron chi connectivity index (χ4n) is 2.14. The second-order valence-electron chi connectivity index (χ2n) is 5.59. The van der Waals surface area contributed by atoms with Gasteiger partial charge in [-0.3, -0.25) is 0 Å². The fourth-order valence-corrected chi connectivity index (χ4v) is 2.32. The average molecular weight is 340 g/mol. The summed E-state index contributed by atoms with van der Waals surface area (Å²) >= 11 is 6.13. The first-order chi connectivity index (χ1) is 11.6. The van der Waals surface area contributed by atoms with E-state index in [1.807, 2.05) is 25.1 Å². The molecule has 0 aliphatic rings. The van der Waals surface area contributed by atoms with Crippen molar-refractivity contribution in [3.05, 3.63) is 70.4 Å². The van der Waals surface area contributed by atoms with E-state index in [9.17, 15) is 0 Å². The third-order valence-electron chi connectivity index (χ3n) is 3.58. The molecule has 2 N–H and O–H groups in total. The average Bonchev–Trinajstić information content (AvgIpc) is 2.58. The van der Waals surface area contributed by atoms with Gasteiger partial charge >= 0.3 is 0 Å². The Hall–Kier alpha value is -2.66. The fraction of sp³-hybridized carbons (Fsp3) is 0.167. The minimum atomic E-state index is 0.420. The van der Waals surface area contributed by atoms with Crippen LogP contribution in [-0.4, -0.2) is 15.2 Å². The van der Waals surface area contributed by atoms with Crippen LogP contribution in [0.4, 0.5) is 17.5 Å². The highest BCUT2D eigenvalue weighted by Gasteiger charge is 2.03. The number of nitrogens with one attached hydrogen (secondary N) is 2. The minimum Gasteiger partial charge on any atom is -0.365 e. The molecule has 0 unspecified atom stereocenters. The molecule has 0 spiro atoms. The number of benzene rings is 2. The van der Waals surface area contributed by atoms with Crippen LogP contribution in [0.1, 0.15) is 16.7 Å². The molecule has 3 aromatic rings. The zero-order valence-electron chi connectivity index (χ0n) is 13.5. The SMILES string of the molecule is Cc1ccc(CNc2cnnc(Nc3ccc(C)c(Cl)c3)n2)cc1. The van der Waals surface area contributed by atoms with E-state index in [4.69, 9.17) is 11.6 Å². The topological polar surface area (TPSA) is 62.7 Å². The second-order valence-corrected chi connectivity index (χ2v) is 6.00. The molecule has 1 aromatic heterocycles. The number of halogens is 1. The number of anilines is 3. The summed E-state index contributed by atoms with van der Waals surface area (Å²) in [6.45, 7) is 4.70. The molecule has 0 atom stereocenters. The van der Waals surface area contributed by atoms with Crippen molar-refractivity contribution in [2.24, 2.45) is 0 Å². The van der Waals surface area contributed by atoms with Gasteiger partial charge in [0.05, 0.1) is 6.20 Å². The molecule has 1 heterocycles. The van der Waals surface area contributed by atoms with E-state index < -0.39 is 0 Å². The maximum absolute atomic E-state index is 6.13. The first-order valence-corrected chi connectivity index (χ1v) is 8.00. The summed E-state index contributed by atoms with van der Waals surface area (Å²) in [5.74, 6) is 1.08. The molecule has 0 aliphatic heterocycles. The first kappa shape index (κ1) is 16.2. The monoisotopic (exact) mass is 339 g/mol. The van der Waals surface area contributed by atoms with Gasteiger partial charge in [0.25, 0.3) is 0 Å². The van der Waals surface area contributed by atoms with Crippen LogP contribution in [0.5, 0.6) is 0 Å². The Balaban J connectivity index is 1.67. The molecule has 6 heteroatoms. The lowest BCUT2D eigenvalue weighted by molar-refractivity contribution is 0.965. The van der Waals surface area contributed by atoms with Gasteiger partial charge in [0.15, 0.2) is 5.82 Å². The van der Waals surface area contributed by atoms with Gasteiger partial charge in [0.1, 0.15) is 0 Å². The molecular formula is C18H18ClN5. The van der Waals surface area contributed by atoms with E-state index in [1.54, 1.807) is 6.20 Å². The molecule has 122 valence electrons. The van der Waals surface area contributed by atoms with Gasteiger partial charge in [-0.15, -0.1) is 5.10 Å². The molecule has 24 heavy (non-hydrogen) atoms. The van der Waals surface area contributed by atoms with Gasteiger partial charge < -0.3 is 10.6 Å². The normalized spacial score (nSPS) is 10.5. The molecular weight excluding hydrogens is 322 g/mol. The Kier molecular flexibility index (Phi) is 4.91. The summed E-state index contributed by atoms with van der Waals surface area (Å²) in [6, 6.07) is 14.1. The third-order valence-corrected chi connectivity index (χ3v) is 3.99. The number of aromatic nitrogens is 3. The van der Waals surface area contributed by atoms with Crippen molar-refractivity contribution in [2.75, 3.05) is 10.6 Å². The molecule has 0 fully saturated rings. The zero-order chi connectivity index (χ0) is 16.9. The number of nitrogens with zero attached hydrogens (tertiary/aromatic N) is 3. The number of aryl methyl sites for hydroxylation is 2. The molecule has 0 bridgehead atoms. The van der Waals surface area contributed by atoms with E-state index in [0.717, 1.165) is 11.3 Å². The lowest BCUT2D eigenvalue weighted by atomic mass is 10.1. The highest BCUT2D eigenvalue weighted by Crippen LogP contribution is 2.22. The molecule has 3 rings (SSSR count). The molecule has 0 aliphatic carbocycles. The van der Waals surface area contributed by atoms with E-state index in [-0.39, 0.29) is 0 Å². The van der Waals surface area contributed by atoms with Crippen molar-refractivity contribution >= 4 is 29.1 Å². The van der Waals surface area contributed by atoms with Gasteiger partial charge in [0.2, 0.25) is 5.95 Å². The van der Waals surface area contributed by atoms with Crippen LogP contribution in [0.25, 0.3) is 0 Å². The number of rotatable bonds is 5. The van der Waals surface area contributed by atoms with Crippen molar-refractivity contribution in [3.63, 3.8) is 0 Å². The van der Waals surface area contributed by atoms with Crippen molar-refractivity contribution in [2.45, 2.75) is 20.4 Å². The molecule has 0 saturated heterocycles. The van der Waals surface area contributed by atoms with Gasteiger partial charge in [-0.25, -0.2) is 0 Å². The molecule has 2 aromatic carbocycles. The van der Waals surface area contributed by atoms with Crippen molar-refractivity contribution in [3.8, 4) is 0 Å². The van der Waals surface area contributed by atoms with Crippen LogP contribution in [0.3, 0.4) is 0 Å². The largest absolute Gasteiger partial charge is 0.365 e. The Morgan fingerprint density at radius 1 is 1.04 bits per heavy atom. The predicted octanol–water partition coefficient (Wildman–Crippen LogP) is 4.50. The van der Waals surface area contributed by atoms with Crippen LogP contribution in [0.2, 0.25) is 5.02 Å². The first-order valence-electron chi connectivity index (χ1n) is 7.62. The molecule has 0 amide bonds. The van der Waals surface area contributed by atoms with Gasteiger partial charge in [0, 0.05) is 17.3 Å². The smallest absolute Gasteiger partial charge is 0.249 e. The lowest BCUT2D eigenvalue weighted by Crippen LogP contribution is -2.05. The Bertz CT molecular complexity index is 833. The Morgan fingerprint density at radius 3 is 2.58 bits per heavy atom. The van der Waals surface area contributed by atoms with Crippen LogP contribution < -0.4 is 10.6 Å². The van der Waals surface area contributed by atoms with Crippen molar-refractivity contribution in [1.29, 1.82) is 0 Å². The van der Waals surface area contributed by atoms with E-state index in [0.29, 0.717) is 23.3 Å². The molecule has 0 radical (unpaired) electrons. The predicted molar refractivity (Wildman–Crippen MR) is 97.8 cm³/mol. The van der Waals surface area contributed by atoms with Crippen LogP contribution in [0, 0.1) is 13.8 Å². The maximum Gasteiger partial charge on any atom is 0.249 e. The summed E-state index contributed by atoms with van der Waals surface area (Å²) in [5, 5.41) is 15.0. The van der Waals surface area contributed by atoms with Crippen LogP contribution >= 0.6 is 11.6 Å². The zero-order valence-corrected chi connectivity index (χ0v) is 14.3. The van der Waals surface area contributed by atoms with Crippen molar-refractivity contribution in [1.82, 2.24) is 15.2 Å².